The molecule has 0 aliphatic carbocycles. The second kappa shape index (κ2) is 9.64. The van der Waals surface area contributed by atoms with E-state index in [0.29, 0.717) is 27.5 Å². The van der Waals surface area contributed by atoms with Crippen molar-refractivity contribution >= 4 is 40.5 Å². The molecule has 31 heavy (non-hydrogen) atoms. The Kier molecular flexibility index (Phi) is 6.74. The summed E-state index contributed by atoms with van der Waals surface area (Å²) in [6, 6.07) is 18.8. The molecule has 8 nitrogen and oxygen atoms in total. The maximum atomic E-state index is 12.6. The zero-order chi connectivity index (χ0) is 22.4. The van der Waals surface area contributed by atoms with Gasteiger partial charge in [-0.3, -0.25) is 19.7 Å². The molecular formula is C22H17ClN4O4. The van der Waals surface area contributed by atoms with Gasteiger partial charge in [-0.2, -0.15) is 5.10 Å². The highest BCUT2D eigenvalue weighted by atomic mass is 35.5. The molecule has 0 aliphatic heterocycles. The fraction of sp³-hybridized carbons (Fsp3) is 0.0455. The number of anilines is 1. The van der Waals surface area contributed by atoms with Crippen LogP contribution >= 0.6 is 11.6 Å². The van der Waals surface area contributed by atoms with E-state index >= 15 is 0 Å². The van der Waals surface area contributed by atoms with Gasteiger partial charge in [0.1, 0.15) is 0 Å². The first-order valence-electron chi connectivity index (χ1n) is 9.10. The van der Waals surface area contributed by atoms with Gasteiger partial charge in [0.25, 0.3) is 17.5 Å². The topological polar surface area (TPSA) is 114 Å². The second-order valence-electron chi connectivity index (χ2n) is 6.45. The summed E-state index contributed by atoms with van der Waals surface area (Å²) in [5.74, 6) is -0.940. The lowest BCUT2D eigenvalue weighted by molar-refractivity contribution is -0.384. The van der Waals surface area contributed by atoms with Gasteiger partial charge in [0.2, 0.25) is 0 Å². The molecule has 2 amide bonds. The zero-order valence-electron chi connectivity index (χ0n) is 16.3. The number of amides is 2. The highest BCUT2D eigenvalue weighted by Gasteiger charge is 2.14. The van der Waals surface area contributed by atoms with Crippen molar-refractivity contribution in [3.05, 3.63) is 105 Å². The number of rotatable bonds is 6. The number of benzene rings is 3. The molecule has 0 radical (unpaired) electrons. The minimum Gasteiger partial charge on any atom is -0.321 e. The molecule has 3 aromatic rings. The molecule has 0 unspecified atom stereocenters. The monoisotopic (exact) mass is 436 g/mol. The van der Waals surface area contributed by atoms with E-state index in [1.165, 1.54) is 18.2 Å². The van der Waals surface area contributed by atoms with Crippen molar-refractivity contribution in [2.24, 2.45) is 5.10 Å². The summed E-state index contributed by atoms with van der Waals surface area (Å²) in [5.41, 5.74) is 4.13. The van der Waals surface area contributed by atoms with Crippen molar-refractivity contribution in [3.8, 4) is 0 Å². The minimum absolute atomic E-state index is 0.0753. The van der Waals surface area contributed by atoms with Crippen LogP contribution in [0.2, 0.25) is 5.02 Å². The number of non-ortho nitro benzene ring substituents is 1. The van der Waals surface area contributed by atoms with Gasteiger partial charge in [-0.05, 0) is 43.3 Å². The van der Waals surface area contributed by atoms with Crippen LogP contribution in [-0.2, 0) is 0 Å². The molecule has 9 heteroatoms. The number of halogens is 1. The van der Waals surface area contributed by atoms with Crippen LogP contribution in [0.5, 0.6) is 0 Å². The van der Waals surface area contributed by atoms with E-state index in [1.807, 2.05) is 0 Å². The molecule has 156 valence electrons. The molecule has 0 saturated heterocycles. The van der Waals surface area contributed by atoms with Crippen LogP contribution < -0.4 is 10.7 Å². The maximum absolute atomic E-state index is 12.6. The minimum atomic E-state index is -0.545. The summed E-state index contributed by atoms with van der Waals surface area (Å²) in [4.78, 5) is 35.5. The molecule has 0 bridgehead atoms. The Bertz CT molecular complexity index is 1180. The summed E-state index contributed by atoms with van der Waals surface area (Å²) in [7, 11) is 0. The molecule has 0 aliphatic rings. The fourth-order valence-corrected chi connectivity index (χ4v) is 2.82. The molecule has 0 aromatic heterocycles. The van der Waals surface area contributed by atoms with E-state index in [4.69, 9.17) is 11.6 Å². The molecule has 0 fully saturated rings. The third-order valence-electron chi connectivity index (χ3n) is 4.33. The largest absolute Gasteiger partial charge is 0.321 e. The third-order valence-corrected chi connectivity index (χ3v) is 4.58. The van der Waals surface area contributed by atoms with Gasteiger partial charge in [-0.1, -0.05) is 35.9 Å². The van der Waals surface area contributed by atoms with Crippen molar-refractivity contribution in [2.75, 3.05) is 5.32 Å². The van der Waals surface area contributed by atoms with Crippen molar-refractivity contribution in [1.29, 1.82) is 0 Å². The van der Waals surface area contributed by atoms with Gasteiger partial charge in [0, 0.05) is 28.3 Å². The van der Waals surface area contributed by atoms with E-state index < -0.39 is 16.7 Å². The number of hydrogen-bond donors (Lipinski definition) is 2. The summed E-state index contributed by atoms with van der Waals surface area (Å²) in [6.07, 6.45) is 0. The summed E-state index contributed by atoms with van der Waals surface area (Å²) in [6.45, 7) is 1.62. The first-order valence-corrected chi connectivity index (χ1v) is 9.48. The lowest BCUT2D eigenvalue weighted by atomic mass is 10.1. The Hall–Kier alpha value is -4.04. The number of para-hydroxylation sites is 1. The average Bonchev–Trinajstić information content (AvgIpc) is 2.78. The van der Waals surface area contributed by atoms with Gasteiger partial charge < -0.3 is 5.32 Å². The number of hydrazone groups is 1. The standard InChI is InChI=1S/C22H17ClN4O4/c1-14(16-5-4-6-18(13-16)27(30)31)25-26-22(29)19-7-2-3-8-20(19)24-21(28)15-9-11-17(23)12-10-15/h2-13H,1H3,(H,24,28)(H,26,29)/b25-14+. The Labute approximate surface area is 182 Å². The van der Waals surface area contributed by atoms with Gasteiger partial charge in [0.15, 0.2) is 0 Å². The predicted octanol–water partition coefficient (Wildman–Crippen LogP) is 4.65. The molecule has 0 saturated carbocycles. The molecule has 0 heterocycles. The van der Waals surface area contributed by atoms with Crippen molar-refractivity contribution in [2.45, 2.75) is 6.92 Å². The number of nitrogens with zero attached hydrogens (tertiary/aromatic N) is 2. The molecular weight excluding hydrogens is 420 g/mol. The third kappa shape index (κ3) is 5.52. The number of hydrogen-bond acceptors (Lipinski definition) is 5. The van der Waals surface area contributed by atoms with E-state index in [9.17, 15) is 19.7 Å². The Balaban J connectivity index is 1.76. The number of carbonyl (C=O) groups is 2. The zero-order valence-corrected chi connectivity index (χ0v) is 17.1. The Morgan fingerprint density at radius 2 is 1.65 bits per heavy atom. The van der Waals surface area contributed by atoms with Crippen LogP contribution in [0.1, 0.15) is 33.2 Å². The van der Waals surface area contributed by atoms with Crippen LogP contribution in [0, 0.1) is 10.1 Å². The van der Waals surface area contributed by atoms with Crippen LogP contribution in [0.3, 0.4) is 0 Å². The number of nitrogens with one attached hydrogen (secondary N) is 2. The van der Waals surface area contributed by atoms with Crippen molar-refractivity contribution in [3.63, 3.8) is 0 Å². The molecule has 2 N–H and O–H groups in total. The highest BCUT2D eigenvalue weighted by molar-refractivity contribution is 6.30. The first kappa shape index (κ1) is 21.7. The van der Waals surface area contributed by atoms with Crippen molar-refractivity contribution in [1.82, 2.24) is 5.43 Å². The predicted molar refractivity (Wildman–Crippen MR) is 119 cm³/mol. The summed E-state index contributed by atoms with van der Waals surface area (Å²) in [5, 5.41) is 18.2. The van der Waals surface area contributed by atoms with Gasteiger partial charge >= 0.3 is 0 Å². The fourth-order valence-electron chi connectivity index (χ4n) is 2.69. The smallest absolute Gasteiger partial charge is 0.273 e. The summed E-state index contributed by atoms with van der Waals surface area (Å²) >= 11 is 5.84. The lowest BCUT2D eigenvalue weighted by Gasteiger charge is -2.10. The average molecular weight is 437 g/mol. The van der Waals surface area contributed by atoms with E-state index in [0.717, 1.165) is 0 Å². The van der Waals surface area contributed by atoms with E-state index in [1.54, 1.807) is 61.5 Å². The van der Waals surface area contributed by atoms with Crippen LogP contribution in [0.4, 0.5) is 11.4 Å². The van der Waals surface area contributed by atoms with Crippen LogP contribution in [0.15, 0.2) is 77.9 Å². The van der Waals surface area contributed by atoms with Gasteiger partial charge in [-0.25, -0.2) is 5.43 Å². The molecule has 0 atom stereocenters. The quantitative estimate of drug-likeness (QED) is 0.332. The van der Waals surface area contributed by atoms with E-state index in [-0.39, 0.29) is 11.3 Å². The normalized spacial score (nSPS) is 11.0. The maximum Gasteiger partial charge on any atom is 0.273 e. The highest BCUT2D eigenvalue weighted by Crippen LogP contribution is 2.18. The second-order valence-corrected chi connectivity index (χ2v) is 6.89. The van der Waals surface area contributed by atoms with Gasteiger partial charge in [-0.15, -0.1) is 0 Å². The number of nitro groups is 1. The SMILES string of the molecule is C/C(=N\NC(=O)c1ccccc1NC(=O)c1ccc(Cl)cc1)c1cccc([N+](=O)[O-])c1. The van der Waals surface area contributed by atoms with Crippen LogP contribution in [0.25, 0.3) is 0 Å². The molecule has 3 aromatic carbocycles. The van der Waals surface area contributed by atoms with Gasteiger partial charge in [0.05, 0.1) is 21.9 Å². The Morgan fingerprint density at radius 1 is 0.935 bits per heavy atom. The first-order chi connectivity index (χ1) is 14.8. The lowest BCUT2D eigenvalue weighted by Crippen LogP contribution is -2.22. The summed E-state index contributed by atoms with van der Waals surface area (Å²) < 4.78 is 0. The molecule has 0 spiro atoms. The Morgan fingerprint density at radius 3 is 2.35 bits per heavy atom. The van der Waals surface area contributed by atoms with E-state index in [2.05, 4.69) is 15.8 Å². The number of nitro benzene ring substituents is 1. The van der Waals surface area contributed by atoms with Crippen LogP contribution in [-0.4, -0.2) is 22.4 Å². The number of carbonyl (C=O) groups excluding carboxylic acids is 2. The van der Waals surface area contributed by atoms with Crippen molar-refractivity contribution < 1.29 is 14.5 Å². The molecule has 3 rings (SSSR count).